The van der Waals surface area contributed by atoms with Crippen LogP contribution in [0.15, 0.2) is 53.1 Å². The molecular formula is C14H12N2O2. The van der Waals surface area contributed by atoms with E-state index in [2.05, 4.69) is 17.3 Å². The molecule has 0 unspecified atom stereocenters. The van der Waals surface area contributed by atoms with E-state index >= 15 is 0 Å². The van der Waals surface area contributed by atoms with E-state index in [-0.39, 0.29) is 0 Å². The van der Waals surface area contributed by atoms with Crippen molar-refractivity contribution in [2.75, 3.05) is 5.73 Å². The fraction of sp³-hybridized carbons (Fsp3) is 0.0714. The third-order valence-corrected chi connectivity index (χ3v) is 2.68. The van der Waals surface area contributed by atoms with Gasteiger partial charge in [-0.25, -0.2) is 0 Å². The summed E-state index contributed by atoms with van der Waals surface area (Å²) in [5.41, 5.74) is 6.12. The van der Waals surface area contributed by atoms with Crippen LogP contribution >= 0.6 is 0 Å². The predicted octanol–water partition coefficient (Wildman–Crippen LogP) is 2.99. The van der Waals surface area contributed by atoms with Gasteiger partial charge in [-0.05, 0) is 22.9 Å². The van der Waals surface area contributed by atoms with Gasteiger partial charge in [0.1, 0.15) is 18.1 Å². The van der Waals surface area contributed by atoms with Crippen LogP contribution in [0, 0.1) is 0 Å². The van der Waals surface area contributed by atoms with Gasteiger partial charge in [-0.1, -0.05) is 35.5 Å². The first-order valence-electron chi connectivity index (χ1n) is 5.64. The fourth-order valence-electron chi connectivity index (χ4n) is 1.81. The van der Waals surface area contributed by atoms with Gasteiger partial charge in [0.05, 0.1) is 0 Å². The van der Waals surface area contributed by atoms with Crippen molar-refractivity contribution in [1.82, 2.24) is 5.16 Å². The molecule has 2 aromatic carbocycles. The highest BCUT2D eigenvalue weighted by molar-refractivity contribution is 5.83. The highest BCUT2D eigenvalue weighted by Gasteiger charge is 2.02. The number of aromatic nitrogens is 1. The molecule has 2 N–H and O–H groups in total. The lowest BCUT2D eigenvalue weighted by molar-refractivity contribution is 0.290. The van der Waals surface area contributed by atoms with Crippen molar-refractivity contribution < 1.29 is 9.26 Å². The second kappa shape index (κ2) is 4.41. The van der Waals surface area contributed by atoms with Crippen LogP contribution in [-0.2, 0) is 6.61 Å². The third kappa shape index (κ3) is 2.13. The molecule has 0 amide bonds. The van der Waals surface area contributed by atoms with E-state index in [4.69, 9.17) is 15.0 Å². The van der Waals surface area contributed by atoms with E-state index in [9.17, 15) is 0 Å². The average Bonchev–Trinajstić information content (AvgIpc) is 2.82. The molecule has 4 nitrogen and oxygen atoms in total. The lowest BCUT2D eigenvalue weighted by atomic mass is 10.1. The predicted molar refractivity (Wildman–Crippen MR) is 69.2 cm³/mol. The Bertz CT molecular complexity index is 676. The maximum atomic E-state index is 5.64. The molecule has 18 heavy (non-hydrogen) atoms. The van der Waals surface area contributed by atoms with Crippen molar-refractivity contribution in [3.63, 3.8) is 0 Å². The Morgan fingerprint density at radius 2 is 1.89 bits per heavy atom. The quantitative estimate of drug-likeness (QED) is 0.764. The Kier molecular flexibility index (Phi) is 2.61. The maximum absolute atomic E-state index is 5.64. The number of anilines is 1. The molecule has 0 saturated heterocycles. The number of nitrogens with two attached hydrogens (primary N) is 1. The standard InChI is InChI=1S/C14H12N2O2/c15-14-8-12(16-18-14)9-17-13-6-5-10-3-1-2-4-11(10)7-13/h1-8H,9,15H2. The lowest BCUT2D eigenvalue weighted by Crippen LogP contribution is -1.95. The van der Waals surface area contributed by atoms with Crippen molar-refractivity contribution in [3.05, 3.63) is 54.2 Å². The highest BCUT2D eigenvalue weighted by Crippen LogP contribution is 2.21. The van der Waals surface area contributed by atoms with E-state index in [1.54, 1.807) is 6.07 Å². The molecule has 0 radical (unpaired) electrons. The SMILES string of the molecule is Nc1cc(COc2ccc3ccccc3c2)no1. The van der Waals surface area contributed by atoms with Crippen LogP contribution in [0.2, 0.25) is 0 Å². The normalized spacial score (nSPS) is 10.7. The molecule has 0 bridgehead atoms. The number of nitrogens with zero attached hydrogens (tertiary/aromatic N) is 1. The Morgan fingerprint density at radius 1 is 1.06 bits per heavy atom. The number of ether oxygens (including phenoxy) is 1. The maximum Gasteiger partial charge on any atom is 0.222 e. The first kappa shape index (κ1) is 10.7. The van der Waals surface area contributed by atoms with Crippen molar-refractivity contribution in [2.45, 2.75) is 6.61 Å². The number of fused-ring (bicyclic) bond motifs is 1. The molecule has 4 heteroatoms. The largest absolute Gasteiger partial charge is 0.487 e. The molecule has 0 aliphatic carbocycles. The van der Waals surface area contributed by atoms with Gasteiger partial charge >= 0.3 is 0 Å². The van der Waals surface area contributed by atoms with Gasteiger partial charge in [-0.15, -0.1) is 0 Å². The first-order valence-corrected chi connectivity index (χ1v) is 5.64. The lowest BCUT2D eigenvalue weighted by Gasteiger charge is -2.05. The molecule has 0 spiro atoms. The van der Waals surface area contributed by atoms with Crippen molar-refractivity contribution in [3.8, 4) is 5.75 Å². The van der Waals surface area contributed by atoms with Gasteiger partial charge in [-0.3, -0.25) is 0 Å². The zero-order chi connectivity index (χ0) is 12.4. The Hall–Kier alpha value is -2.49. The van der Waals surface area contributed by atoms with Crippen LogP contribution in [0.1, 0.15) is 5.69 Å². The van der Waals surface area contributed by atoms with Crippen molar-refractivity contribution in [2.24, 2.45) is 0 Å². The Labute approximate surface area is 104 Å². The molecule has 0 saturated carbocycles. The summed E-state index contributed by atoms with van der Waals surface area (Å²) in [6.07, 6.45) is 0. The molecule has 3 aromatic rings. The molecule has 0 atom stereocenters. The van der Waals surface area contributed by atoms with E-state index in [0.717, 1.165) is 11.1 Å². The molecule has 0 aliphatic rings. The molecule has 0 fully saturated rings. The number of hydrogen-bond acceptors (Lipinski definition) is 4. The van der Waals surface area contributed by atoms with Crippen molar-refractivity contribution >= 4 is 16.7 Å². The van der Waals surface area contributed by atoms with Crippen LogP contribution in [0.5, 0.6) is 5.75 Å². The second-order valence-corrected chi connectivity index (χ2v) is 4.02. The topological polar surface area (TPSA) is 61.3 Å². The van der Waals surface area contributed by atoms with Crippen LogP contribution in [0.4, 0.5) is 5.88 Å². The number of hydrogen-bond donors (Lipinski definition) is 1. The van der Waals surface area contributed by atoms with E-state index < -0.39 is 0 Å². The van der Waals surface area contributed by atoms with E-state index in [1.165, 1.54) is 5.39 Å². The average molecular weight is 240 g/mol. The monoisotopic (exact) mass is 240 g/mol. The molecule has 3 rings (SSSR count). The highest BCUT2D eigenvalue weighted by atomic mass is 16.5. The number of benzene rings is 2. The summed E-state index contributed by atoms with van der Waals surface area (Å²) in [5.74, 6) is 1.10. The molecule has 0 aliphatic heterocycles. The summed E-state index contributed by atoms with van der Waals surface area (Å²) in [4.78, 5) is 0. The molecule has 90 valence electrons. The Morgan fingerprint density at radius 3 is 2.67 bits per heavy atom. The van der Waals surface area contributed by atoms with E-state index in [1.807, 2.05) is 30.3 Å². The molecule has 1 aromatic heterocycles. The first-order chi connectivity index (χ1) is 8.81. The zero-order valence-electron chi connectivity index (χ0n) is 9.67. The summed E-state index contributed by atoms with van der Waals surface area (Å²) in [6, 6.07) is 15.8. The minimum absolute atomic E-state index is 0.298. The van der Waals surface area contributed by atoms with Gasteiger partial charge in [0.15, 0.2) is 0 Å². The number of rotatable bonds is 3. The van der Waals surface area contributed by atoms with Crippen LogP contribution in [0.25, 0.3) is 10.8 Å². The van der Waals surface area contributed by atoms with Crippen LogP contribution < -0.4 is 10.5 Å². The summed E-state index contributed by atoms with van der Waals surface area (Å²) in [6.45, 7) is 0.346. The summed E-state index contributed by atoms with van der Waals surface area (Å²) < 4.78 is 10.4. The second-order valence-electron chi connectivity index (χ2n) is 4.02. The van der Waals surface area contributed by atoms with Crippen LogP contribution in [0.3, 0.4) is 0 Å². The van der Waals surface area contributed by atoms with Gasteiger partial charge in [0.2, 0.25) is 5.88 Å². The van der Waals surface area contributed by atoms with Gasteiger partial charge in [0, 0.05) is 6.07 Å². The smallest absolute Gasteiger partial charge is 0.222 e. The summed E-state index contributed by atoms with van der Waals surface area (Å²) in [7, 11) is 0. The van der Waals surface area contributed by atoms with Gasteiger partial charge in [-0.2, -0.15) is 0 Å². The zero-order valence-corrected chi connectivity index (χ0v) is 9.67. The summed E-state index contributed by atoms with van der Waals surface area (Å²) in [5, 5.41) is 6.11. The van der Waals surface area contributed by atoms with Gasteiger partial charge in [0.25, 0.3) is 0 Å². The fourth-order valence-corrected chi connectivity index (χ4v) is 1.81. The minimum atomic E-state index is 0.298. The third-order valence-electron chi connectivity index (χ3n) is 2.68. The van der Waals surface area contributed by atoms with Crippen LogP contribution in [-0.4, -0.2) is 5.16 Å². The summed E-state index contributed by atoms with van der Waals surface area (Å²) >= 11 is 0. The minimum Gasteiger partial charge on any atom is -0.487 e. The van der Waals surface area contributed by atoms with Crippen molar-refractivity contribution in [1.29, 1.82) is 0 Å². The van der Waals surface area contributed by atoms with E-state index in [0.29, 0.717) is 18.2 Å². The molecule has 1 heterocycles. The molecular weight excluding hydrogens is 228 g/mol. The number of nitrogen functional groups attached to an aromatic ring is 1. The Balaban J connectivity index is 1.78. The van der Waals surface area contributed by atoms with Gasteiger partial charge < -0.3 is 15.0 Å².